The molecule has 19 heavy (non-hydrogen) atoms. The SMILES string of the molecule is CNC1C(=O)Nc2cc(Sc3cnn(C)c3)ccc21. The summed E-state index contributed by atoms with van der Waals surface area (Å²) in [6.07, 6.45) is 3.79. The number of likely N-dealkylation sites (N-methyl/N-ethyl adjacent to an activating group) is 1. The first kappa shape index (κ1) is 12.3. The maximum Gasteiger partial charge on any atom is 0.246 e. The Balaban J connectivity index is 1.87. The van der Waals surface area contributed by atoms with Crippen LogP contribution < -0.4 is 10.6 Å². The number of rotatable bonds is 3. The molecule has 3 rings (SSSR count). The summed E-state index contributed by atoms with van der Waals surface area (Å²) in [5, 5.41) is 10.0. The van der Waals surface area contributed by atoms with Gasteiger partial charge in [-0.05, 0) is 19.2 Å². The number of carbonyl (C=O) groups excluding carboxylic acids is 1. The molecule has 2 aromatic rings. The third-order valence-electron chi connectivity index (χ3n) is 3.06. The standard InChI is InChI=1S/C13H14N4OS/c1-14-12-10-4-3-8(5-11(10)16-13(12)18)19-9-6-15-17(2)7-9/h3-7,12,14H,1-2H3,(H,16,18). The molecular formula is C13H14N4OS. The third-order valence-corrected chi connectivity index (χ3v) is 4.00. The van der Waals surface area contributed by atoms with E-state index in [4.69, 9.17) is 0 Å². The zero-order chi connectivity index (χ0) is 13.4. The number of nitrogens with one attached hydrogen (secondary N) is 2. The highest BCUT2D eigenvalue weighted by atomic mass is 32.2. The van der Waals surface area contributed by atoms with Crippen molar-refractivity contribution in [1.82, 2.24) is 15.1 Å². The van der Waals surface area contributed by atoms with Gasteiger partial charge in [0.15, 0.2) is 0 Å². The van der Waals surface area contributed by atoms with Gasteiger partial charge >= 0.3 is 0 Å². The molecule has 0 radical (unpaired) electrons. The van der Waals surface area contributed by atoms with Crippen molar-refractivity contribution in [1.29, 1.82) is 0 Å². The maximum absolute atomic E-state index is 11.7. The molecule has 0 saturated heterocycles. The number of amides is 1. The molecule has 1 amide bonds. The maximum atomic E-state index is 11.7. The van der Waals surface area contributed by atoms with Gasteiger partial charge in [0, 0.05) is 29.4 Å². The molecule has 0 spiro atoms. The van der Waals surface area contributed by atoms with E-state index in [9.17, 15) is 4.79 Å². The summed E-state index contributed by atoms with van der Waals surface area (Å²) in [7, 11) is 3.68. The summed E-state index contributed by atoms with van der Waals surface area (Å²) < 4.78 is 1.77. The van der Waals surface area contributed by atoms with Gasteiger partial charge in [-0.1, -0.05) is 17.8 Å². The van der Waals surface area contributed by atoms with Gasteiger partial charge in [0.25, 0.3) is 0 Å². The molecule has 1 unspecified atom stereocenters. The second kappa shape index (κ2) is 4.71. The lowest BCUT2D eigenvalue weighted by atomic mass is 10.1. The molecule has 1 aliphatic rings. The lowest BCUT2D eigenvalue weighted by Crippen LogP contribution is -2.23. The first-order valence-corrected chi connectivity index (χ1v) is 6.77. The highest BCUT2D eigenvalue weighted by molar-refractivity contribution is 7.99. The van der Waals surface area contributed by atoms with Gasteiger partial charge in [-0.2, -0.15) is 5.10 Å². The normalized spacial score (nSPS) is 17.4. The first-order chi connectivity index (χ1) is 9.17. The van der Waals surface area contributed by atoms with Crippen molar-refractivity contribution < 1.29 is 4.79 Å². The van der Waals surface area contributed by atoms with Crippen molar-refractivity contribution in [3.8, 4) is 0 Å². The molecule has 98 valence electrons. The summed E-state index contributed by atoms with van der Waals surface area (Å²) in [6, 6.07) is 5.78. The smallest absolute Gasteiger partial charge is 0.246 e. The molecule has 0 aliphatic carbocycles. The van der Waals surface area contributed by atoms with Gasteiger partial charge in [0.1, 0.15) is 6.04 Å². The van der Waals surface area contributed by atoms with Crippen molar-refractivity contribution in [3.63, 3.8) is 0 Å². The van der Waals surface area contributed by atoms with Gasteiger partial charge in [0.2, 0.25) is 5.91 Å². The number of aromatic nitrogens is 2. The van der Waals surface area contributed by atoms with Crippen molar-refractivity contribution in [2.24, 2.45) is 7.05 Å². The van der Waals surface area contributed by atoms with Crippen LogP contribution in [0.3, 0.4) is 0 Å². The zero-order valence-corrected chi connectivity index (χ0v) is 11.5. The van der Waals surface area contributed by atoms with Crippen LogP contribution in [0.5, 0.6) is 0 Å². The van der Waals surface area contributed by atoms with Crippen LogP contribution in [-0.4, -0.2) is 22.7 Å². The average Bonchev–Trinajstić information content (AvgIpc) is 2.91. The van der Waals surface area contributed by atoms with E-state index in [1.807, 2.05) is 37.6 Å². The van der Waals surface area contributed by atoms with Crippen LogP contribution in [0.15, 0.2) is 40.4 Å². The lowest BCUT2D eigenvalue weighted by Gasteiger charge is -2.06. The Hall–Kier alpha value is -1.79. The Morgan fingerprint density at radius 1 is 1.42 bits per heavy atom. The molecule has 1 aromatic carbocycles. The molecule has 5 nitrogen and oxygen atoms in total. The van der Waals surface area contributed by atoms with Crippen LogP contribution in [0.2, 0.25) is 0 Å². The quantitative estimate of drug-likeness (QED) is 0.896. The number of benzene rings is 1. The van der Waals surface area contributed by atoms with Crippen molar-refractivity contribution in [2.45, 2.75) is 15.8 Å². The molecule has 2 heterocycles. The number of nitrogens with zero attached hydrogens (tertiary/aromatic N) is 2. The minimum Gasteiger partial charge on any atom is -0.324 e. The van der Waals surface area contributed by atoms with Crippen LogP contribution in [0.1, 0.15) is 11.6 Å². The second-order valence-corrected chi connectivity index (χ2v) is 5.56. The van der Waals surface area contributed by atoms with E-state index >= 15 is 0 Å². The Morgan fingerprint density at radius 2 is 2.26 bits per heavy atom. The molecule has 0 bridgehead atoms. The van der Waals surface area contributed by atoms with Crippen molar-refractivity contribution in [2.75, 3.05) is 12.4 Å². The van der Waals surface area contributed by atoms with E-state index in [2.05, 4.69) is 15.7 Å². The molecule has 1 atom stereocenters. The van der Waals surface area contributed by atoms with Crippen LogP contribution in [0.4, 0.5) is 5.69 Å². The summed E-state index contributed by atoms with van der Waals surface area (Å²) in [5.74, 6) is 0.000952. The first-order valence-electron chi connectivity index (χ1n) is 5.96. The minimum absolute atomic E-state index is 0.000952. The Labute approximate surface area is 115 Å². The predicted molar refractivity (Wildman–Crippen MR) is 74.2 cm³/mol. The minimum atomic E-state index is -0.243. The third kappa shape index (κ3) is 2.24. The Morgan fingerprint density at radius 3 is 2.95 bits per heavy atom. The van der Waals surface area contributed by atoms with Gasteiger partial charge in [-0.25, -0.2) is 0 Å². The van der Waals surface area contributed by atoms with E-state index in [1.54, 1.807) is 23.5 Å². The molecule has 1 aliphatic heterocycles. The van der Waals surface area contributed by atoms with Crippen LogP contribution in [0.25, 0.3) is 0 Å². The predicted octanol–water partition coefficient (Wildman–Crippen LogP) is 1.78. The highest BCUT2D eigenvalue weighted by Crippen LogP contribution is 2.36. The molecule has 6 heteroatoms. The van der Waals surface area contributed by atoms with Crippen LogP contribution in [-0.2, 0) is 11.8 Å². The summed E-state index contributed by atoms with van der Waals surface area (Å²) >= 11 is 1.63. The highest BCUT2D eigenvalue weighted by Gasteiger charge is 2.29. The van der Waals surface area contributed by atoms with Crippen LogP contribution in [0, 0.1) is 0 Å². The van der Waals surface area contributed by atoms with Gasteiger partial charge in [-0.3, -0.25) is 9.48 Å². The molecule has 0 saturated carbocycles. The fraction of sp³-hybridized carbons (Fsp3) is 0.231. The molecular weight excluding hydrogens is 260 g/mol. The van der Waals surface area contributed by atoms with E-state index in [-0.39, 0.29) is 11.9 Å². The molecule has 2 N–H and O–H groups in total. The van der Waals surface area contributed by atoms with E-state index in [0.29, 0.717) is 0 Å². The fourth-order valence-corrected chi connectivity index (χ4v) is 3.07. The number of aryl methyl sites for hydroxylation is 1. The summed E-state index contributed by atoms with van der Waals surface area (Å²) in [4.78, 5) is 13.9. The van der Waals surface area contributed by atoms with Gasteiger partial charge in [-0.15, -0.1) is 0 Å². The number of anilines is 1. The summed E-state index contributed by atoms with van der Waals surface area (Å²) in [6.45, 7) is 0. The number of hydrogen-bond acceptors (Lipinski definition) is 4. The van der Waals surface area contributed by atoms with Crippen molar-refractivity contribution in [3.05, 3.63) is 36.2 Å². The largest absolute Gasteiger partial charge is 0.324 e. The topological polar surface area (TPSA) is 59.0 Å². The zero-order valence-electron chi connectivity index (χ0n) is 10.7. The van der Waals surface area contributed by atoms with Crippen LogP contribution >= 0.6 is 11.8 Å². The Bertz CT molecular complexity index is 637. The van der Waals surface area contributed by atoms with Gasteiger partial charge in [0.05, 0.1) is 11.1 Å². The molecule has 0 fully saturated rings. The van der Waals surface area contributed by atoms with E-state index in [0.717, 1.165) is 21.0 Å². The average molecular weight is 274 g/mol. The fourth-order valence-electron chi connectivity index (χ4n) is 2.18. The molecule has 1 aromatic heterocycles. The monoisotopic (exact) mass is 274 g/mol. The summed E-state index contributed by atoms with van der Waals surface area (Å²) in [5.41, 5.74) is 1.89. The lowest BCUT2D eigenvalue weighted by molar-refractivity contribution is -0.117. The number of fused-ring (bicyclic) bond motifs is 1. The second-order valence-electron chi connectivity index (χ2n) is 4.41. The Kier molecular flexibility index (Phi) is 3.04. The number of hydrogen-bond donors (Lipinski definition) is 2. The van der Waals surface area contributed by atoms with E-state index in [1.165, 1.54) is 0 Å². The van der Waals surface area contributed by atoms with Gasteiger partial charge < -0.3 is 10.6 Å². The van der Waals surface area contributed by atoms with E-state index < -0.39 is 0 Å². The number of carbonyl (C=O) groups is 1. The van der Waals surface area contributed by atoms with Crippen molar-refractivity contribution >= 4 is 23.4 Å².